The second kappa shape index (κ2) is 6.64. The van der Waals surface area contributed by atoms with Crippen LogP contribution in [0.1, 0.15) is 21.5 Å². The first-order valence-electron chi connectivity index (χ1n) is 9.43. The van der Waals surface area contributed by atoms with E-state index in [-0.39, 0.29) is 0 Å². The molecule has 3 nitrogen and oxygen atoms in total. The number of hydrogen-bond donors (Lipinski definition) is 1. The zero-order valence-electron chi connectivity index (χ0n) is 15.9. The van der Waals surface area contributed by atoms with Gasteiger partial charge in [0.2, 0.25) is 5.91 Å². The molecule has 0 aliphatic rings. The van der Waals surface area contributed by atoms with E-state index in [1.54, 1.807) is 12.1 Å². The Morgan fingerprint density at radius 3 is 2.69 bits per heavy atom. The van der Waals surface area contributed by atoms with Crippen LogP contribution < -0.4 is 5.73 Å². The second-order valence-electron chi connectivity index (χ2n) is 7.38. The highest BCUT2D eigenvalue weighted by molar-refractivity contribution is 6.36. The van der Waals surface area contributed by atoms with Crippen molar-refractivity contribution in [3.05, 3.63) is 94.5 Å². The summed E-state index contributed by atoms with van der Waals surface area (Å²) < 4.78 is 2.14. The van der Waals surface area contributed by atoms with Gasteiger partial charge in [-0.3, -0.25) is 4.79 Å². The Bertz CT molecular complexity index is 1430. The van der Waals surface area contributed by atoms with Crippen molar-refractivity contribution in [1.29, 1.82) is 0 Å². The van der Waals surface area contributed by atoms with E-state index in [9.17, 15) is 4.79 Å². The summed E-state index contributed by atoms with van der Waals surface area (Å²) in [6.07, 6.45) is 0. The molecule has 4 aromatic carbocycles. The Labute approximate surface area is 173 Å². The molecule has 0 fully saturated rings. The number of carbonyl (C=O) groups excluding carboxylic acids is 1. The maximum Gasteiger partial charge on any atom is 0.249 e. The number of nitrogens with two attached hydrogens (primary N) is 1. The summed E-state index contributed by atoms with van der Waals surface area (Å²) in [7, 11) is 0. The topological polar surface area (TPSA) is 48.0 Å². The van der Waals surface area contributed by atoms with Gasteiger partial charge in [-0.05, 0) is 53.6 Å². The van der Waals surface area contributed by atoms with Crippen LogP contribution in [0.2, 0.25) is 5.02 Å². The van der Waals surface area contributed by atoms with E-state index in [2.05, 4.69) is 54.0 Å². The molecule has 0 bridgehead atoms. The van der Waals surface area contributed by atoms with Gasteiger partial charge in [0.15, 0.2) is 0 Å². The minimum Gasteiger partial charge on any atom is -0.366 e. The molecular formula is C25H18ClN2O. The average Bonchev–Trinajstić information content (AvgIpc) is 3.03. The molecule has 1 heterocycles. The van der Waals surface area contributed by atoms with Crippen molar-refractivity contribution >= 4 is 50.1 Å². The fourth-order valence-corrected chi connectivity index (χ4v) is 4.39. The summed E-state index contributed by atoms with van der Waals surface area (Å²) >= 11 is 6.59. The summed E-state index contributed by atoms with van der Waals surface area (Å²) in [6, 6.07) is 25.4. The van der Waals surface area contributed by atoms with Gasteiger partial charge < -0.3 is 10.3 Å². The van der Waals surface area contributed by atoms with Gasteiger partial charge in [0, 0.05) is 22.9 Å². The SMILES string of the molecule is Cc1ccc2cc(Cn3c4cccc(C(N)=O)c4c4[c]ccc(Cl)c43)ccc2c1. The van der Waals surface area contributed by atoms with E-state index in [0.717, 1.165) is 27.4 Å². The number of aromatic nitrogens is 1. The summed E-state index contributed by atoms with van der Waals surface area (Å²) in [5.74, 6) is -0.455. The molecular weight excluding hydrogens is 380 g/mol. The van der Waals surface area contributed by atoms with E-state index in [1.807, 2.05) is 18.2 Å². The number of nitrogens with zero attached hydrogens (tertiary/aromatic N) is 1. The quantitative estimate of drug-likeness (QED) is 0.407. The highest BCUT2D eigenvalue weighted by Crippen LogP contribution is 2.35. The minimum atomic E-state index is -0.455. The van der Waals surface area contributed by atoms with Gasteiger partial charge in [-0.15, -0.1) is 0 Å². The lowest BCUT2D eigenvalue weighted by Gasteiger charge is -2.10. The number of carbonyl (C=O) groups is 1. The van der Waals surface area contributed by atoms with Crippen LogP contribution in [0.3, 0.4) is 0 Å². The van der Waals surface area contributed by atoms with Gasteiger partial charge in [0.05, 0.1) is 16.1 Å². The summed E-state index contributed by atoms with van der Waals surface area (Å²) in [6.45, 7) is 2.73. The van der Waals surface area contributed by atoms with E-state index < -0.39 is 5.91 Å². The van der Waals surface area contributed by atoms with Crippen LogP contribution in [0.15, 0.2) is 66.7 Å². The number of rotatable bonds is 3. The monoisotopic (exact) mass is 397 g/mol. The van der Waals surface area contributed by atoms with Gasteiger partial charge in [-0.1, -0.05) is 59.6 Å². The van der Waals surface area contributed by atoms with Gasteiger partial charge in [-0.2, -0.15) is 0 Å². The number of primary amides is 1. The van der Waals surface area contributed by atoms with E-state index >= 15 is 0 Å². The fraction of sp³-hybridized carbons (Fsp3) is 0.0800. The van der Waals surface area contributed by atoms with Crippen LogP contribution in [0.4, 0.5) is 0 Å². The van der Waals surface area contributed by atoms with E-state index in [4.69, 9.17) is 17.3 Å². The predicted molar refractivity (Wildman–Crippen MR) is 120 cm³/mol. The third kappa shape index (κ3) is 2.86. The van der Waals surface area contributed by atoms with Crippen LogP contribution in [0, 0.1) is 13.0 Å². The fourth-order valence-electron chi connectivity index (χ4n) is 4.13. The summed E-state index contributed by atoms with van der Waals surface area (Å²) in [5.41, 5.74) is 10.3. The molecule has 0 spiro atoms. The average molecular weight is 398 g/mol. The van der Waals surface area contributed by atoms with Crippen LogP contribution in [0.25, 0.3) is 32.6 Å². The number of fused-ring (bicyclic) bond motifs is 4. The number of amides is 1. The smallest absolute Gasteiger partial charge is 0.249 e. The van der Waals surface area contributed by atoms with Crippen molar-refractivity contribution in [3.63, 3.8) is 0 Å². The van der Waals surface area contributed by atoms with Crippen molar-refractivity contribution < 1.29 is 4.79 Å². The van der Waals surface area contributed by atoms with E-state index in [0.29, 0.717) is 17.1 Å². The first-order valence-corrected chi connectivity index (χ1v) is 9.81. The molecule has 0 saturated carbocycles. The lowest BCUT2D eigenvalue weighted by Crippen LogP contribution is -2.11. The van der Waals surface area contributed by atoms with Crippen molar-refractivity contribution in [1.82, 2.24) is 4.57 Å². The molecule has 1 amide bonds. The zero-order chi connectivity index (χ0) is 20.1. The van der Waals surface area contributed by atoms with Crippen LogP contribution in [-0.2, 0) is 6.54 Å². The molecule has 0 aliphatic heterocycles. The van der Waals surface area contributed by atoms with Gasteiger partial charge in [0.25, 0.3) is 0 Å². The number of aryl methyl sites for hydroxylation is 1. The van der Waals surface area contributed by atoms with Crippen molar-refractivity contribution in [3.8, 4) is 0 Å². The third-order valence-corrected chi connectivity index (χ3v) is 5.74. The van der Waals surface area contributed by atoms with Gasteiger partial charge >= 0.3 is 0 Å². The lowest BCUT2D eigenvalue weighted by molar-refractivity contribution is 0.100. The first kappa shape index (κ1) is 17.8. The molecule has 5 aromatic rings. The molecule has 4 heteroatoms. The maximum atomic E-state index is 12.1. The minimum absolute atomic E-state index is 0.455. The van der Waals surface area contributed by atoms with Crippen molar-refractivity contribution in [2.45, 2.75) is 13.5 Å². The number of hydrogen-bond acceptors (Lipinski definition) is 1. The molecule has 2 N–H and O–H groups in total. The second-order valence-corrected chi connectivity index (χ2v) is 7.79. The Balaban J connectivity index is 1.77. The van der Waals surface area contributed by atoms with E-state index in [1.165, 1.54) is 16.3 Å². The molecule has 0 aliphatic carbocycles. The molecule has 1 radical (unpaired) electrons. The van der Waals surface area contributed by atoms with Crippen molar-refractivity contribution in [2.75, 3.05) is 0 Å². The van der Waals surface area contributed by atoms with Crippen LogP contribution in [-0.4, -0.2) is 10.5 Å². The summed E-state index contributed by atoms with van der Waals surface area (Å²) in [5, 5.41) is 4.66. The molecule has 0 atom stereocenters. The Morgan fingerprint density at radius 1 is 1.07 bits per heavy atom. The maximum absolute atomic E-state index is 12.1. The Morgan fingerprint density at radius 2 is 1.86 bits per heavy atom. The summed E-state index contributed by atoms with van der Waals surface area (Å²) in [4.78, 5) is 12.1. The number of benzene rings is 4. The third-order valence-electron chi connectivity index (χ3n) is 5.44. The van der Waals surface area contributed by atoms with Gasteiger partial charge in [0.1, 0.15) is 0 Å². The normalized spacial score (nSPS) is 11.5. The molecule has 0 saturated heterocycles. The first-order chi connectivity index (χ1) is 14.0. The molecule has 141 valence electrons. The zero-order valence-corrected chi connectivity index (χ0v) is 16.6. The highest BCUT2D eigenvalue weighted by Gasteiger charge is 2.18. The lowest BCUT2D eigenvalue weighted by atomic mass is 10.0. The standard InChI is InChI=1S/C25H18ClN2O/c1-15-8-10-18-13-16(9-11-17(18)12-15)14-28-22-7-3-5-20(25(27)29)23(22)19-4-2-6-21(26)24(19)28/h2-3,5-13H,14H2,1H3,(H2,27,29). The Kier molecular flexibility index (Phi) is 4.07. The molecule has 29 heavy (non-hydrogen) atoms. The van der Waals surface area contributed by atoms with Crippen LogP contribution in [0.5, 0.6) is 0 Å². The largest absolute Gasteiger partial charge is 0.366 e. The highest BCUT2D eigenvalue weighted by atomic mass is 35.5. The predicted octanol–water partition coefficient (Wildman–Crippen LogP) is 5.86. The van der Waals surface area contributed by atoms with Crippen LogP contribution >= 0.6 is 11.6 Å². The number of halogens is 1. The molecule has 0 unspecified atom stereocenters. The van der Waals surface area contributed by atoms with Gasteiger partial charge in [-0.25, -0.2) is 0 Å². The van der Waals surface area contributed by atoms with Crippen molar-refractivity contribution in [2.24, 2.45) is 5.73 Å². The Hall–Kier alpha value is -3.30. The molecule has 1 aromatic heterocycles. The molecule has 5 rings (SSSR count).